The Morgan fingerprint density at radius 2 is 1.70 bits per heavy atom. The summed E-state index contributed by atoms with van der Waals surface area (Å²) in [5.74, 6) is -0.794. The first-order chi connectivity index (χ1) is 12.7. The van der Waals surface area contributed by atoms with Crippen molar-refractivity contribution < 1.29 is 22.7 Å². The maximum atomic E-state index is 12.2. The molecule has 0 bridgehead atoms. The van der Waals surface area contributed by atoms with E-state index >= 15 is 0 Å². The van der Waals surface area contributed by atoms with Crippen LogP contribution in [0.3, 0.4) is 0 Å². The monoisotopic (exact) mass is 390 g/mol. The first-order valence-electron chi connectivity index (χ1n) is 8.24. The number of benzene rings is 2. The number of nitrogens with one attached hydrogen (secondary N) is 1. The number of para-hydroxylation sites is 1. The number of rotatable bonds is 7. The van der Waals surface area contributed by atoms with Crippen molar-refractivity contribution in [2.75, 3.05) is 29.5 Å². The summed E-state index contributed by atoms with van der Waals surface area (Å²) in [5, 5.41) is 2.69. The summed E-state index contributed by atoms with van der Waals surface area (Å²) in [7, 11) is -2.23. The highest BCUT2D eigenvalue weighted by Crippen LogP contribution is 2.22. The Bertz CT molecular complexity index is 923. The number of carbonyl (C=O) groups is 2. The average Bonchev–Trinajstić information content (AvgIpc) is 2.62. The van der Waals surface area contributed by atoms with Crippen molar-refractivity contribution in [3.63, 3.8) is 0 Å². The molecule has 2 aromatic rings. The van der Waals surface area contributed by atoms with Crippen LogP contribution in [-0.4, -0.2) is 40.2 Å². The van der Waals surface area contributed by atoms with Crippen LogP contribution in [0, 0.1) is 6.92 Å². The average molecular weight is 390 g/mol. The highest BCUT2D eigenvalue weighted by Gasteiger charge is 2.20. The third kappa shape index (κ3) is 5.55. The molecule has 0 atom stereocenters. The van der Waals surface area contributed by atoms with Crippen LogP contribution >= 0.6 is 0 Å². The lowest BCUT2D eigenvalue weighted by atomic mass is 10.2. The molecule has 0 saturated heterocycles. The maximum Gasteiger partial charge on any atom is 0.337 e. The van der Waals surface area contributed by atoms with Crippen LogP contribution in [0.4, 0.5) is 11.4 Å². The van der Waals surface area contributed by atoms with Crippen LogP contribution in [0.1, 0.15) is 22.3 Å². The lowest BCUT2D eigenvalue weighted by Gasteiger charge is -2.23. The molecule has 0 aliphatic rings. The van der Waals surface area contributed by atoms with Crippen molar-refractivity contribution in [1.29, 1.82) is 0 Å². The van der Waals surface area contributed by atoms with Crippen LogP contribution in [0.2, 0.25) is 0 Å². The van der Waals surface area contributed by atoms with Gasteiger partial charge in [0.25, 0.3) is 0 Å². The quantitative estimate of drug-likeness (QED) is 0.734. The van der Waals surface area contributed by atoms with Gasteiger partial charge in [-0.3, -0.25) is 9.10 Å². The third-order valence-electron chi connectivity index (χ3n) is 3.92. The van der Waals surface area contributed by atoms with Crippen LogP contribution in [0.15, 0.2) is 48.5 Å². The summed E-state index contributed by atoms with van der Waals surface area (Å²) in [5.41, 5.74) is 2.24. The summed E-state index contributed by atoms with van der Waals surface area (Å²) in [6, 6.07) is 13.3. The summed E-state index contributed by atoms with van der Waals surface area (Å²) >= 11 is 0. The van der Waals surface area contributed by atoms with E-state index in [1.54, 1.807) is 24.3 Å². The molecule has 0 aliphatic carbocycles. The van der Waals surface area contributed by atoms with E-state index in [0.29, 0.717) is 16.9 Å². The van der Waals surface area contributed by atoms with Gasteiger partial charge in [-0.2, -0.15) is 0 Å². The number of nitrogens with zero attached hydrogens (tertiary/aromatic N) is 1. The van der Waals surface area contributed by atoms with Gasteiger partial charge in [-0.05, 0) is 42.8 Å². The van der Waals surface area contributed by atoms with Crippen molar-refractivity contribution in [2.24, 2.45) is 0 Å². The van der Waals surface area contributed by atoms with Gasteiger partial charge in [0.1, 0.15) is 0 Å². The second-order valence-corrected chi connectivity index (χ2v) is 7.90. The SMILES string of the molecule is COC(=O)c1ccc(NC(=O)CCN(c2ccccc2C)S(C)(=O)=O)cc1. The predicted molar refractivity (Wildman–Crippen MR) is 104 cm³/mol. The molecule has 1 amide bonds. The zero-order valence-electron chi connectivity index (χ0n) is 15.4. The normalized spacial score (nSPS) is 10.9. The smallest absolute Gasteiger partial charge is 0.337 e. The Kier molecular flexibility index (Phi) is 6.57. The third-order valence-corrected chi connectivity index (χ3v) is 5.10. The van der Waals surface area contributed by atoms with Gasteiger partial charge in [-0.1, -0.05) is 18.2 Å². The van der Waals surface area contributed by atoms with E-state index in [9.17, 15) is 18.0 Å². The van der Waals surface area contributed by atoms with Crippen molar-refractivity contribution >= 4 is 33.3 Å². The molecule has 1 N–H and O–H groups in total. The molecule has 2 aromatic carbocycles. The van der Waals surface area contributed by atoms with Crippen molar-refractivity contribution in [3.05, 3.63) is 59.7 Å². The topological polar surface area (TPSA) is 92.8 Å². The standard InChI is InChI=1S/C19H22N2O5S/c1-14-6-4-5-7-17(14)21(27(3,24)25)13-12-18(22)20-16-10-8-15(9-11-16)19(23)26-2/h4-11H,12-13H2,1-3H3,(H,20,22). The summed E-state index contributed by atoms with van der Waals surface area (Å²) in [4.78, 5) is 23.6. The van der Waals surface area contributed by atoms with E-state index in [1.165, 1.54) is 23.5 Å². The Morgan fingerprint density at radius 3 is 2.26 bits per heavy atom. The maximum absolute atomic E-state index is 12.2. The van der Waals surface area contributed by atoms with Gasteiger partial charge in [0.05, 0.1) is 24.6 Å². The minimum absolute atomic E-state index is 0.0137. The van der Waals surface area contributed by atoms with Crippen molar-refractivity contribution in [2.45, 2.75) is 13.3 Å². The Hall–Kier alpha value is -2.87. The summed E-state index contributed by atoms with van der Waals surface area (Å²) in [6.45, 7) is 1.84. The number of aryl methyl sites for hydroxylation is 1. The number of hydrogen-bond donors (Lipinski definition) is 1. The number of hydrogen-bond acceptors (Lipinski definition) is 5. The fourth-order valence-corrected chi connectivity index (χ4v) is 3.53. The van der Waals surface area contributed by atoms with Gasteiger partial charge in [-0.15, -0.1) is 0 Å². The van der Waals surface area contributed by atoms with Crippen LogP contribution < -0.4 is 9.62 Å². The van der Waals surface area contributed by atoms with E-state index in [1.807, 2.05) is 19.1 Å². The fourth-order valence-electron chi connectivity index (χ4n) is 2.54. The second-order valence-electron chi connectivity index (χ2n) is 5.99. The van der Waals surface area contributed by atoms with E-state index in [0.717, 1.165) is 11.8 Å². The van der Waals surface area contributed by atoms with Crippen molar-refractivity contribution in [1.82, 2.24) is 0 Å². The largest absolute Gasteiger partial charge is 0.465 e. The van der Waals surface area contributed by atoms with Gasteiger partial charge in [0, 0.05) is 18.7 Å². The summed E-state index contributed by atoms with van der Waals surface area (Å²) in [6.07, 6.45) is 1.10. The minimum Gasteiger partial charge on any atom is -0.465 e. The molecule has 0 aromatic heterocycles. The molecule has 8 heteroatoms. The molecule has 0 spiro atoms. The number of carbonyl (C=O) groups excluding carboxylic acids is 2. The first kappa shape index (κ1) is 20.4. The van der Waals surface area contributed by atoms with Crippen LogP contribution in [0.5, 0.6) is 0 Å². The highest BCUT2D eigenvalue weighted by atomic mass is 32.2. The van der Waals surface area contributed by atoms with Crippen LogP contribution in [-0.2, 0) is 19.6 Å². The number of sulfonamides is 1. The zero-order valence-corrected chi connectivity index (χ0v) is 16.2. The molecule has 0 unspecified atom stereocenters. The first-order valence-corrected chi connectivity index (χ1v) is 10.1. The Labute approximate surface area is 159 Å². The Balaban J connectivity index is 2.04. The van der Waals surface area contributed by atoms with Crippen LogP contribution in [0.25, 0.3) is 0 Å². The molecule has 0 heterocycles. The number of anilines is 2. The van der Waals surface area contributed by atoms with Gasteiger partial charge >= 0.3 is 5.97 Å². The molecule has 0 radical (unpaired) electrons. The molecule has 7 nitrogen and oxygen atoms in total. The van der Waals surface area contributed by atoms with Gasteiger partial charge < -0.3 is 10.1 Å². The van der Waals surface area contributed by atoms with Gasteiger partial charge in [-0.25, -0.2) is 13.2 Å². The van der Waals surface area contributed by atoms with E-state index in [-0.39, 0.29) is 18.9 Å². The molecule has 0 fully saturated rings. The lowest BCUT2D eigenvalue weighted by molar-refractivity contribution is -0.116. The van der Waals surface area contributed by atoms with E-state index < -0.39 is 16.0 Å². The molecule has 0 aliphatic heterocycles. The number of esters is 1. The van der Waals surface area contributed by atoms with Crippen molar-refractivity contribution in [3.8, 4) is 0 Å². The molecule has 144 valence electrons. The lowest BCUT2D eigenvalue weighted by Crippen LogP contribution is -2.33. The molecular weight excluding hydrogens is 368 g/mol. The van der Waals surface area contributed by atoms with E-state index in [2.05, 4.69) is 10.1 Å². The predicted octanol–water partition coefficient (Wildman–Crippen LogP) is 2.58. The highest BCUT2D eigenvalue weighted by molar-refractivity contribution is 7.92. The summed E-state index contributed by atoms with van der Waals surface area (Å²) < 4.78 is 30.1. The number of amides is 1. The fraction of sp³-hybridized carbons (Fsp3) is 0.263. The van der Waals surface area contributed by atoms with Gasteiger partial charge in [0.15, 0.2) is 0 Å². The van der Waals surface area contributed by atoms with E-state index in [4.69, 9.17) is 0 Å². The number of methoxy groups -OCH3 is 1. The second kappa shape index (κ2) is 8.68. The molecular formula is C19H22N2O5S. The molecule has 2 rings (SSSR count). The number of ether oxygens (including phenoxy) is 1. The van der Waals surface area contributed by atoms with Gasteiger partial charge in [0.2, 0.25) is 15.9 Å². The minimum atomic E-state index is -3.53. The molecule has 27 heavy (non-hydrogen) atoms. The molecule has 0 saturated carbocycles. The Morgan fingerprint density at radius 1 is 1.07 bits per heavy atom. The zero-order chi connectivity index (χ0) is 20.0.